The van der Waals surface area contributed by atoms with E-state index in [0.717, 1.165) is 52.8 Å². The van der Waals surface area contributed by atoms with Gasteiger partial charge in [-0.15, -0.1) is 0 Å². The van der Waals surface area contributed by atoms with Gasteiger partial charge in [-0.2, -0.15) is 0 Å². The number of carbonyl (C=O) groups is 1. The first-order chi connectivity index (χ1) is 15.5. The van der Waals surface area contributed by atoms with Crippen LogP contribution in [0.4, 0.5) is 4.39 Å². The fraction of sp³-hybridized carbons (Fsp3) is 0.269. The molecule has 0 atom stereocenters. The Bertz CT molecular complexity index is 1160. The zero-order valence-corrected chi connectivity index (χ0v) is 18.2. The number of allylic oxidation sites excluding steroid dienone is 2. The van der Waals surface area contributed by atoms with Gasteiger partial charge in [0.2, 0.25) is 0 Å². The van der Waals surface area contributed by atoms with Crippen molar-refractivity contribution < 1.29 is 18.7 Å². The van der Waals surface area contributed by atoms with Crippen molar-refractivity contribution in [3.8, 4) is 5.75 Å². The van der Waals surface area contributed by atoms with Crippen LogP contribution in [0.15, 0.2) is 54.9 Å². The molecule has 0 radical (unpaired) electrons. The first kappa shape index (κ1) is 21.7. The maximum atomic E-state index is 13.2. The number of ether oxygens (including phenoxy) is 2. The average molecular weight is 432 g/mol. The zero-order chi connectivity index (χ0) is 22.5. The molecule has 2 aromatic carbocycles. The van der Waals surface area contributed by atoms with Crippen LogP contribution in [0, 0.1) is 12.7 Å². The minimum absolute atomic E-state index is 0.208. The Hall–Kier alpha value is -3.54. The SMILES string of the molecule is CCOC(=O)c1cncc(C2=C(c3cc(C)ccc3OCc3ccc(F)cc3)CCC2)n1. The molecule has 1 aliphatic carbocycles. The van der Waals surface area contributed by atoms with Gasteiger partial charge in [0.05, 0.1) is 24.7 Å². The lowest BCUT2D eigenvalue weighted by Crippen LogP contribution is -2.09. The summed E-state index contributed by atoms with van der Waals surface area (Å²) in [4.78, 5) is 20.9. The van der Waals surface area contributed by atoms with Gasteiger partial charge in [0.25, 0.3) is 0 Å². The first-order valence-electron chi connectivity index (χ1n) is 10.7. The molecule has 1 aliphatic rings. The van der Waals surface area contributed by atoms with Crippen molar-refractivity contribution in [2.75, 3.05) is 6.61 Å². The second-order valence-corrected chi connectivity index (χ2v) is 7.74. The van der Waals surface area contributed by atoms with Gasteiger partial charge in [-0.3, -0.25) is 4.98 Å². The molecule has 0 saturated heterocycles. The molecular weight excluding hydrogens is 407 g/mol. The van der Waals surface area contributed by atoms with Crippen molar-refractivity contribution in [1.29, 1.82) is 0 Å². The van der Waals surface area contributed by atoms with Crippen molar-refractivity contribution in [3.63, 3.8) is 0 Å². The molecule has 5 nitrogen and oxygen atoms in total. The van der Waals surface area contributed by atoms with Gasteiger partial charge in [0.1, 0.15) is 18.2 Å². The molecule has 0 bridgehead atoms. The predicted molar refractivity (Wildman–Crippen MR) is 121 cm³/mol. The third-order valence-electron chi connectivity index (χ3n) is 5.41. The number of rotatable bonds is 7. The highest BCUT2D eigenvalue weighted by Crippen LogP contribution is 2.42. The molecule has 3 aromatic rings. The average Bonchev–Trinajstić information content (AvgIpc) is 3.29. The normalized spacial score (nSPS) is 13.3. The summed E-state index contributed by atoms with van der Waals surface area (Å²) < 4.78 is 24.4. The van der Waals surface area contributed by atoms with Gasteiger partial charge in [-0.05, 0) is 74.1 Å². The summed E-state index contributed by atoms with van der Waals surface area (Å²) >= 11 is 0. The highest BCUT2D eigenvalue weighted by atomic mass is 19.1. The summed E-state index contributed by atoms with van der Waals surface area (Å²) in [5.41, 5.74) is 6.15. The van der Waals surface area contributed by atoms with Crippen molar-refractivity contribution in [2.24, 2.45) is 0 Å². The van der Waals surface area contributed by atoms with Gasteiger partial charge in [0, 0.05) is 5.56 Å². The zero-order valence-electron chi connectivity index (χ0n) is 18.2. The lowest BCUT2D eigenvalue weighted by Gasteiger charge is -2.15. The van der Waals surface area contributed by atoms with E-state index in [9.17, 15) is 9.18 Å². The van der Waals surface area contributed by atoms with E-state index >= 15 is 0 Å². The van der Waals surface area contributed by atoms with Crippen molar-refractivity contribution >= 4 is 17.1 Å². The molecule has 0 saturated carbocycles. The third kappa shape index (κ3) is 4.85. The Morgan fingerprint density at radius 2 is 1.84 bits per heavy atom. The van der Waals surface area contributed by atoms with Crippen LogP contribution in [0.3, 0.4) is 0 Å². The number of hydrogen-bond acceptors (Lipinski definition) is 5. The van der Waals surface area contributed by atoms with E-state index in [1.165, 1.54) is 18.3 Å². The number of carbonyl (C=O) groups excluding carboxylic acids is 1. The number of aryl methyl sites for hydroxylation is 1. The molecule has 1 aromatic heterocycles. The highest BCUT2D eigenvalue weighted by molar-refractivity contribution is 5.94. The van der Waals surface area contributed by atoms with Crippen LogP contribution in [0.1, 0.15) is 59.1 Å². The maximum Gasteiger partial charge on any atom is 0.358 e. The molecule has 4 rings (SSSR count). The molecule has 32 heavy (non-hydrogen) atoms. The van der Waals surface area contributed by atoms with Crippen LogP contribution < -0.4 is 4.74 Å². The summed E-state index contributed by atoms with van der Waals surface area (Å²) in [5, 5.41) is 0. The Labute approximate surface area is 186 Å². The quantitative estimate of drug-likeness (QED) is 0.443. The van der Waals surface area contributed by atoms with E-state index < -0.39 is 5.97 Å². The molecule has 6 heteroatoms. The fourth-order valence-corrected chi connectivity index (χ4v) is 3.89. The topological polar surface area (TPSA) is 61.3 Å². The van der Waals surface area contributed by atoms with Gasteiger partial charge < -0.3 is 9.47 Å². The lowest BCUT2D eigenvalue weighted by atomic mass is 9.97. The van der Waals surface area contributed by atoms with Crippen LogP contribution in [0.25, 0.3) is 11.1 Å². The van der Waals surface area contributed by atoms with Gasteiger partial charge >= 0.3 is 5.97 Å². The van der Waals surface area contributed by atoms with Crippen molar-refractivity contribution in [2.45, 2.75) is 39.7 Å². The molecule has 0 aliphatic heterocycles. The van der Waals surface area contributed by atoms with E-state index in [0.29, 0.717) is 12.3 Å². The van der Waals surface area contributed by atoms with E-state index in [1.54, 1.807) is 25.3 Å². The Kier molecular flexibility index (Phi) is 6.59. The summed E-state index contributed by atoms with van der Waals surface area (Å²) in [6.07, 6.45) is 5.85. The number of halogens is 1. The third-order valence-corrected chi connectivity index (χ3v) is 5.41. The lowest BCUT2D eigenvalue weighted by molar-refractivity contribution is 0.0519. The maximum absolute atomic E-state index is 13.2. The summed E-state index contributed by atoms with van der Waals surface area (Å²) in [5.74, 6) is 0.0291. The standard InChI is InChI=1S/C26H25FN2O3/c1-3-31-26(30)24-15-28-14-23(29-24)21-6-4-5-20(21)22-13-17(2)7-12-25(22)32-16-18-8-10-19(27)11-9-18/h7-15H,3-6,16H2,1-2H3. The van der Waals surface area contributed by atoms with Gasteiger partial charge in [-0.1, -0.05) is 23.8 Å². The second kappa shape index (κ2) is 9.73. The van der Waals surface area contributed by atoms with Crippen LogP contribution in [-0.4, -0.2) is 22.5 Å². The molecule has 0 unspecified atom stereocenters. The largest absolute Gasteiger partial charge is 0.488 e. The molecule has 0 N–H and O–H groups in total. The first-order valence-corrected chi connectivity index (χ1v) is 10.7. The van der Waals surface area contributed by atoms with Crippen LogP contribution >= 0.6 is 0 Å². The molecule has 164 valence electrons. The second-order valence-electron chi connectivity index (χ2n) is 7.74. The molecule has 0 amide bonds. The summed E-state index contributed by atoms with van der Waals surface area (Å²) in [6.45, 7) is 4.44. The minimum Gasteiger partial charge on any atom is -0.488 e. The predicted octanol–water partition coefficient (Wildman–Crippen LogP) is 5.77. The smallest absolute Gasteiger partial charge is 0.358 e. The Balaban J connectivity index is 1.68. The molecule has 1 heterocycles. The van der Waals surface area contributed by atoms with Crippen molar-refractivity contribution in [3.05, 3.63) is 88.8 Å². The molecular formula is C26H25FN2O3. The fourth-order valence-electron chi connectivity index (χ4n) is 3.89. The van der Waals surface area contributed by atoms with Gasteiger partial charge in [-0.25, -0.2) is 14.2 Å². The van der Waals surface area contributed by atoms with E-state index in [1.807, 2.05) is 19.1 Å². The minimum atomic E-state index is -0.471. The van der Waals surface area contributed by atoms with E-state index in [4.69, 9.17) is 9.47 Å². The highest BCUT2D eigenvalue weighted by Gasteiger charge is 2.23. The van der Waals surface area contributed by atoms with Crippen LogP contribution in [0.5, 0.6) is 5.75 Å². The number of esters is 1. The molecule has 0 spiro atoms. The number of benzene rings is 2. The van der Waals surface area contributed by atoms with E-state index in [-0.39, 0.29) is 18.1 Å². The number of nitrogens with zero attached hydrogens (tertiary/aromatic N) is 2. The Morgan fingerprint density at radius 1 is 1.06 bits per heavy atom. The van der Waals surface area contributed by atoms with Crippen LogP contribution in [-0.2, 0) is 11.3 Å². The summed E-state index contributed by atoms with van der Waals surface area (Å²) in [6, 6.07) is 12.4. The summed E-state index contributed by atoms with van der Waals surface area (Å²) in [7, 11) is 0. The van der Waals surface area contributed by atoms with Gasteiger partial charge in [0.15, 0.2) is 5.69 Å². The Morgan fingerprint density at radius 3 is 2.62 bits per heavy atom. The van der Waals surface area contributed by atoms with Crippen LogP contribution in [0.2, 0.25) is 0 Å². The van der Waals surface area contributed by atoms with Crippen molar-refractivity contribution in [1.82, 2.24) is 9.97 Å². The molecule has 0 fully saturated rings. The number of hydrogen-bond donors (Lipinski definition) is 0. The monoisotopic (exact) mass is 432 g/mol. The number of aromatic nitrogens is 2. The van der Waals surface area contributed by atoms with E-state index in [2.05, 4.69) is 16.0 Å².